The van der Waals surface area contributed by atoms with E-state index in [1.807, 2.05) is 0 Å². The minimum absolute atomic E-state index is 1.17. The van der Waals surface area contributed by atoms with E-state index in [-0.39, 0.29) is 0 Å². The van der Waals surface area contributed by atoms with Gasteiger partial charge in [-0.15, -0.1) is 0 Å². The van der Waals surface area contributed by atoms with Crippen LogP contribution in [0.25, 0.3) is 66.3 Å². The largest absolute Gasteiger partial charge is 0.317 e. The molecule has 0 N–H and O–H groups in total. The Kier molecular flexibility index (Phi) is 5.17. The minimum Gasteiger partial charge on any atom is -0.317 e. The highest BCUT2D eigenvalue weighted by molar-refractivity contribution is 6.10. The van der Waals surface area contributed by atoms with Crippen LogP contribution < -0.4 is 0 Å². The van der Waals surface area contributed by atoms with Crippen LogP contribution in [0.3, 0.4) is 0 Å². The van der Waals surface area contributed by atoms with E-state index in [4.69, 9.17) is 0 Å². The van der Waals surface area contributed by atoms with Crippen molar-refractivity contribution < 1.29 is 0 Å². The van der Waals surface area contributed by atoms with Crippen molar-refractivity contribution >= 4 is 32.7 Å². The Labute approximate surface area is 233 Å². The van der Waals surface area contributed by atoms with Crippen LogP contribution >= 0.6 is 0 Å². The first-order valence-corrected chi connectivity index (χ1v) is 13.7. The van der Waals surface area contributed by atoms with Crippen LogP contribution in [0.15, 0.2) is 158 Å². The minimum atomic E-state index is 1.17. The molecule has 0 bridgehead atoms. The molecule has 8 rings (SSSR count). The maximum absolute atomic E-state index is 2.38. The Morgan fingerprint density at radius 1 is 0.350 bits per heavy atom. The molecule has 0 unspecified atom stereocenters. The van der Waals surface area contributed by atoms with Gasteiger partial charge in [0.15, 0.2) is 0 Å². The van der Waals surface area contributed by atoms with E-state index in [9.17, 15) is 0 Å². The van der Waals surface area contributed by atoms with E-state index >= 15 is 0 Å². The van der Waals surface area contributed by atoms with E-state index in [2.05, 4.69) is 167 Å². The highest BCUT2D eigenvalue weighted by atomic mass is 15.0. The molecule has 0 saturated carbocycles. The third kappa shape index (κ3) is 3.65. The van der Waals surface area contributed by atoms with E-state index in [0.717, 1.165) is 0 Å². The van der Waals surface area contributed by atoms with Crippen molar-refractivity contribution in [2.75, 3.05) is 0 Å². The molecule has 0 aliphatic carbocycles. The zero-order chi connectivity index (χ0) is 26.5. The molecule has 40 heavy (non-hydrogen) atoms. The summed E-state index contributed by atoms with van der Waals surface area (Å²) >= 11 is 0. The molecule has 0 aliphatic rings. The van der Waals surface area contributed by atoms with Crippen LogP contribution in [0.2, 0.25) is 0 Å². The first-order chi connectivity index (χ1) is 19.8. The second-order valence-electron chi connectivity index (χ2n) is 10.3. The van der Waals surface area contributed by atoms with Crippen LogP contribution in [0.1, 0.15) is 0 Å². The third-order valence-corrected chi connectivity index (χ3v) is 7.96. The molecule has 188 valence electrons. The lowest BCUT2D eigenvalue weighted by atomic mass is 10.0. The summed E-state index contributed by atoms with van der Waals surface area (Å²) in [7, 11) is 0. The summed E-state index contributed by atoms with van der Waals surface area (Å²) in [6, 6.07) is 54.5. The average Bonchev–Trinajstić information content (AvgIpc) is 3.61. The molecular formula is C38H26N2. The molecule has 6 aromatic carbocycles. The van der Waals surface area contributed by atoms with Gasteiger partial charge in [-0.25, -0.2) is 0 Å². The van der Waals surface area contributed by atoms with Gasteiger partial charge in [0, 0.05) is 33.7 Å². The summed E-state index contributed by atoms with van der Waals surface area (Å²) in [6.45, 7) is 0. The smallest absolute Gasteiger partial charge is 0.0541 e. The zero-order valence-electron chi connectivity index (χ0n) is 21.9. The fourth-order valence-electron chi connectivity index (χ4n) is 6.00. The first kappa shape index (κ1) is 22.6. The lowest BCUT2D eigenvalue weighted by Crippen LogP contribution is -1.93. The van der Waals surface area contributed by atoms with Crippen molar-refractivity contribution in [1.29, 1.82) is 0 Å². The molecule has 2 nitrogen and oxygen atoms in total. The quantitative estimate of drug-likeness (QED) is 0.223. The second-order valence-corrected chi connectivity index (χ2v) is 10.3. The summed E-state index contributed by atoms with van der Waals surface area (Å²) in [6.07, 6.45) is 2.16. The molecule has 0 aliphatic heterocycles. The molecule has 2 heterocycles. The van der Waals surface area contributed by atoms with Gasteiger partial charge in [-0.05, 0) is 82.9 Å². The normalized spacial score (nSPS) is 11.5. The summed E-state index contributed by atoms with van der Waals surface area (Å²) in [5.74, 6) is 0. The number of fused-ring (bicyclic) bond motifs is 4. The Bertz CT molecular complexity index is 2130. The van der Waals surface area contributed by atoms with Gasteiger partial charge in [-0.1, -0.05) is 91.0 Å². The van der Waals surface area contributed by atoms with Gasteiger partial charge in [-0.2, -0.15) is 0 Å². The molecular weight excluding hydrogens is 484 g/mol. The molecule has 2 heteroatoms. The third-order valence-electron chi connectivity index (χ3n) is 7.96. The van der Waals surface area contributed by atoms with Gasteiger partial charge >= 0.3 is 0 Å². The summed E-state index contributed by atoms with van der Waals surface area (Å²) in [5, 5.41) is 3.77. The maximum Gasteiger partial charge on any atom is 0.0541 e. The van der Waals surface area contributed by atoms with Gasteiger partial charge in [0.1, 0.15) is 0 Å². The lowest BCUT2D eigenvalue weighted by Gasteiger charge is -2.10. The number of rotatable bonds is 4. The Morgan fingerprint density at radius 2 is 0.950 bits per heavy atom. The van der Waals surface area contributed by atoms with Gasteiger partial charge in [-0.3, -0.25) is 0 Å². The SMILES string of the molecule is c1ccc(-c2ccc(-n3c4ccccc4c4cc(-c5ccc6c(ccn6-c6ccccc6)c5)ccc43)cc2)cc1. The van der Waals surface area contributed by atoms with E-state index in [0.29, 0.717) is 0 Å². The van der Waals surface area contributed by atoms with Crippen molar-refractivity contribution in [1.82, 2.24) is 9.13 Å². The van der Waals surface area contributed by atoms with Gasteiger partial charge in [0.25, 0.3) is 0 Å². The number of hydrogen-bond acceptors (Lipinski definition) is 0. The van der Waals surface area contributed by atoms with Crippen molar-refractivity contribution in [3.05, 3.63) is 158 Å². The van der Waals surface area contributed by atoms with E-state index in [1.54, 1.807) is 0 Å². The number of nitrogens with zero attached hydrogens (tertiary/aromatic N) is 2. The molecule has 0 saturated heterocycles. The van der Waals surface area contributed by atoms with Crippen LogP contribution in [0.4, 0.5) is 0 Å². The second kappa shape index (κ2) is 9.14. The fourth-order valence-corrected chi connectivity index (χ4v) is 6.00. The van der Waals surface area contributed by atoms with Crippen LogP contribution in [-0.4, -0.2) is 9.13 Å². The Hall–Kier alpha value is -5.34. The van der Waals surface area contributed by atoms with E-state index < -0.39 is 0 Å². The molecule has 0 fully saturated rings. The topological polar surface area (TPSA) is 9.86 Å². The zero-order valence-corrected chi connectivity index (χ0v) is 21.9. The highest BCUT2D eigenvalue weighted by Crippen LogP contribution is 2.36. The van der Waals surface area contributed by atoms with Crippen molar-refractivity contribution in [3.8, 4) is 33.6 Å². The van der Waals surface area contributed by atoms with Crippen LogP contribution in [0.5, 0.6) is 0 Å². The first-order valence-electron chi connectivity index (χ1n) is 13.7. The molecule has 2 aromatic heterocycles. The maximum atomic E-state index is 2.38. The number of benzene rings is 6. The van der Waals surface area contributed by atoms with Crippen LogP contribution in [0, 0.1) is 0 Å². The monoisotopic (exact) mass is 510 g/mol. The summed E-state index contributed by atoms with van der Waals surface area (Å²) in [5.41, 5.74) is 10.9. The van der Waals surface area contributed by atoms with Crippen molar-refractivity contribution in [3.63, 3.8) is 0 Å². The van der Waals surface area contributed by atoms with Crippen molar-refractivity contribution in [2.45, 2.75) is 0 Å². The van der Waals surface area contributed by atoms with E-state index in [1.165, 1.54) is 66.3 Å². The molecule has 0 amide bonds. The van der Waals surface area contributed by atoms with Crippen molar-refractivity contribution in [2.24, 2.45) is 0 Å². The van der Waals surface area contributed by atoms with Crippen LogP contribution in [-0.2, 0) is 0 Å². The number of hydrogen-bond donors (Lipinski definition) is 0. The molecule has 0 spiro atoms. The average molecular weight is 511 g/mol. The fraction of sp³-hybridized carbons (Fsp3) is 0. The Balaban J connectivity index is 1.24. The van der Waals surface area contributed by atoms with Gasteiger partial charge < -0.3 is 9.13 Å². The van der Waals surface area contributed by atoms with Gasteiger partial charge in [0.05, 0.1) is 16.6 Å². The number of para-hydroxylation sites is 2. The highest BCUT2D eigenvalue weighted by Gasteiger charge is 2.14. The molecule has 0 atom stereocenters. The summed E-state index contributed by atoms with van der Waals surface area (Å²) in [4.78, 5) is 0. The molecule has 0 radical (unpaired) electrons. The standard InChI is InChI=1S/C38H26N2/c1-3-9-27(10-4-1)28-15-19-33(20-16-28)40-37-14-8-7-13-34(37)35-26-30(18-22-38(35)40)29-17-21-36-31(25-29)23-24-39(36)32-11-5-2-6-12-32/h1-26H. The lowest BCUT2D eigenvalue weighted by molar-refractivity contribution is 1.13. The predicted octanol–water partition coefficient (Wildman–Crippen LogP) is 10.1. The van der Waals surface area contributed by atoms with Gasteiger partial charge in [0.2, 0.25) is 0 Å². The predicted molar refractivity (Wildman–Crippen MR) is 168 cm³/mol. The molecule has 8 aromatic rings. The summed E-state index contributed by atoms with van der Waals surface area (Å²) < 4.78 is 4.63. The number of aromatic nitrogens is 2. The Morgan fingerprint density at radius 3 is 1.75 bits per heavy atom.